The molecular formula is C18H37N3. The second-order valence-corrected chi connectivity index (χ2v) is 8.49. The summed E-state index contributed by atoms with van der Waals surface area (Å²) in [5.41, 5.74) is 7.02. The van der Waals surface area contributed by atoms with Crippen LogP contribution >= 0.6 is 0 Å². The lowest BCUT2D eigenvalue weighted by Crippen LogP contribution is -2.63. The number of hydrogen-bond donors (Lipinski definition) is 1. The Morgan fingerprint density at radius 2 is 1.76 bits per heavy atom. The van der Waals surface area contributed by atoms with Crippen LogP contribution in [0, 0.1) is 11.3 Å². The zero-order valence-corrected chi connectivity index (χ0v) is 15.0. The zero-order chi connectivity index (χ0) is 15.7. The monoisotopic (exact) mass is 295 g/mol. The third-order valence-corrected chi connectivity index (χ3v) is 6.36. The highest BCUT2D eigenvalue weighted by molar-refractivity contribution is 5.00. The molecule has 0 spiro atoms. The lowest BCUT2D eigenvalue weighted by Gasteiger charge is -2.53. The standard InChI is InChI=1S/C18H37N3/c1-6-20-11-12-21(13-15(20)2)18(14-19)9-7-16(8-10-18)17(3,4)5/h15-16H,6-14,19H2,1-5H3. The number of hydrogen-bond acceptors (Lipinski definition) is 3. The molecule has 1 atom stereocenters. The van der Waals surface area contributed by atoms with Crippen molar-refractivity contribution in [2.24, 2.45) is 17.1 Å². The van der Waals surface area contributed by atoms with Crippen LogP contribution in [0.5, 0.6) is 0 Å². The minimum absolute atomic E-state index is 0.288. The highest BCUT2D eigenvalue weighted by Gasteiger charge is 2.43. The molecule has 1 saturated heterocycles. The van der Waals surface area contributed by atoms with Gasteiger partial charge in [-0.1, -0.05) is 27.7 Å². The van der Waals surface area contributed by atoms with Crippen molar-refractivity contribution in [2.45, 2.75) is 71.9 Å². The lowest BCUT2D eigenvalue weighted by atomic mass is 9.66. The molecule has 0 aromatic rings. The molecule has 0 aromatic carbocycles. The molecule has 2 N–H and O–H groups in total. The number of rotatable bonds is 3. The van der Waals surface area contributed by atoms with E-state index in [0.29, 0.717) is 11.5 Å². The maximum Gasteiger partial charge on any atom is 0.0333 e. The predicted molar refractivity (Wildman–Crippen MR) is 91.5 cm³/mol. The van der Waals surface area contributed by atoms with Gasteiger partial charge in [0.05, 0.1) is 0 Å². The van der Waals surface area contributed by atoms with E-state index < -0.39 is 0 Å². The van der Waals surface area contributed by atoms with E-state index in [1.807, 2.05) is 0 Å². The third kappa shape index (κ3) is 3.62. The fraction of sp³-hybridized carbons (Fsp3) is 1.00. The van der Waals surface area contributed by atoms with Crippen molar-refractivity contribution in [3.8, 4) is 0 Å². The van der Waals surface area contributed by atoms with Gasteiger partial charge in [0.1, 0.15) is 0 Å². The average molecular weight is 296 g/mol. The van der Waals surface area contributed by atoms with Gasteiger partial charge in [0, 0.05) is 37.8 Å². The quantitative estimate of drug-likeness (QED) is 0.869. The highest BCUT2D eigenvalue weighted by Crippen LogP contribution is 2.43. The third-order valence-electron chi connectivity index (χ3n) is 6.36. The van der Waals surface area contributed by atoms with E-state index in [4.69, 9.17) is 5.73 Å². The summed E-state index contributed by atoms with van der Waals surface area (Å²) >= 11 is 0. The van der Waals surface area contributed by atoms with Gasteiger partial charge in [-0.15, -0.1) is 0 Å². The molecule has 1 saturated carbocycles. The molecule has 3 nitrogen and oxygen atoms in total. The second-order valence-electron chi connectivity index (χ2n) is 8.49. The van der Waals surface area contributed by atoms with Gasteiger partial charge < -0.3 is 5.73 Å². The molecule has 0 amide bonds. The smallest absolute Gasteiger partial charge is 0.0333 e. The Bertz CT molecular complexity index is 326. The van der Waals surface area contributed by atoms with Crippen molar-refractivity contribution in [1.82, 2.24) is 9.80 Å². The van der Waals surface area contributed by atoms with E-state index in [2.05, 4.69) is 44.4 Å². The molecule has 2 rings (SSSR count). The van der Waals surface area contributed by atoms with Crippen LogP contribution in [0.4, 0.5) is 0 Å². The molecule has 0 bridgehead atoms. The summed E-state index contributed by atoms with van der Waals surface area (Å²) in [6.45, 7) is 17.5. The largest absolute Gasteiger partial charge is 0.329 e. The van der Waals surface area contributed by atoms with Gasteiger partial charge in [-0.3, -0.25) is 9.80 Å². The van der Waals surface area contributed by atoms with Gasteiger partial charge in [0.2, 0.25) is 0 Å². The van der Waals surface area contributed by atoms with Gasteiger partial charge >= 0.3 is 0 Å². The SMILES string of the molecule is CCN1CCN(C2(CN)CCC(C(C)(C)C)CC2)CC1C. The summed E-state index contributed by atoms with van der Waals surface area (Å²) in [5.74, 6) is 0.867. The van der Waals surface area contributed by atoms with E-state index in [9.17, 15) is 0 Å². The first-order valence-electron chi connectivity index (χ1n) is 9.01. The Labute approximate surface area is 132 Å². The molecule has 2 fully saturated rings. The van der Waals surface area contributed by atoms with Crippen molar-refractivity contribution in [1.29, 1.82) is 0 Å². The first-order chi connectivity index (χ1) is 9.82. The maximum atomic E-state index is 6.28. The highest BCUT2D eigenvalue weighted by atomic mass is 15.3. The predicted octanol–water partition coefficient (Wildman–Crippen LogP) is 2.95. The fourth-order valence-electron chi connectivity index (χ4n) is 4.57. The second kappa shape index (κ2) is 6.55. The Balaban J connectivity index is 2.00. The van der Waals surface area contributed by atoms with Gasteiger partial charge in [0.15, 0.2) is 0 Å². The number of nitrogens with two attached hydrogens (primary N) is 1. The van der Waals surface area contributed by atoms with Crippen molar-refractivity contribution in [3.63, 3.8) is 0 Å². The van der Waals surface area contributed by atoms with E-state index in [0.717, 1.165) is 12.5 Å². The zero-order valence-electron chi connectivity index (χ0n) is 15.0. The minimum Gasteiger partial charge on any atom is -0.329 e. The Morgan fingerprint density at radius 3 is 2.19 bits per heavy atom. The molecule has 1 unspecified atom stereocenters. The molecular weight excluding hydrogens is 258 g/mol. The molecule has 1 aliphatic carbocycles. The average Bonchev–Trinajstić information content (AvgIpc) is 2.46. The fourth-order valence-corrected chi connectivity index (χ4v) is 4.57. The first kappa shape index (κ1) is 17.2. The van der Waals surface area contributed by atoms with E-state index >= 15 is 0 Å². The maximum absolute atomic E-state index is 6.28. The van der Waals surface area contributed by atoms with Crippen molar-refractivity contribution in [2.75, 3.05) is 32.7 Å². The number of nitrogens with zero attached hydrogens (tertiary/aromatic N) is 2. The van der Waals surface area contributed by atoms with Crippen LogP contribution in [0.25, 0.3) is 0 Å². The Morgan fingerprint density at radius 1 is 1.14 bits per heavy atom. The van der Waals surface area contributed by atoms with Crippen LogP contribution in [-0.2, 0) is 0 Å². The number of piperazine rings is 1. The lowest BCUT2D eigenvalue weighted by molar-refractivity contribution is -0.0257. The van der Waals surface area contributed by atoms with Crippen LogP contribution in [-0.4, -0.2) is 54.1 Å². The minimum atomic E-state index is 0.288. The summed E-state index contributed by atoms with van der Waals surface area (Å²) in [6, 6.07) is 0.674. The first-order valence-corrected chi connectivity index (χ1v) is 9.01. The van der Waals surface area contributed by atoms with Gasteiger partial charge in [-0.25, -0.2) is 0 Å². The summed E-state index contributed by atoms with van der Waals surface area (Å²) in [4.78, 5) is 5.34. The van der Waals surface area contributed by atoms with Crippen molar-refractivity contribution >= 4 is 0 Å². The summed E-state index contributed by atoms with van der Waals surface area (Å²) in [7, 11) is 0. The molecule has 3 heteroatoms. The summed E-state index contributed by atoms with van der Waals surface area (Å²) in [5, 5.41) is 0. The molecule has 124 valence electrons. The normalized spacial score (nSPS) is 36.9. The van der Waals surface area contributed by atoms with Crippen LogP contribution in [0.1, 0.15) is 60.3 Å². The van der Waals surface area contributed by atoms with Gasteiger partial charge in [-0.2, -0.15) is 0 Å². The van der Waals surface area contributed by atoms with Crippen LogP contribution < -0.4 is 5.73 Å². The van der Waals surface area contributed by atoms with E-state index in [1.54, 1.807) is 0 Å². The Kier molecular flexibility index (Phi) is 5.38. The summed E-state index contributed by atoms with van der Waals surface area (Å²) < 4.78 is 0. The van der Waals surface area contributed by atoms with Crippen LogP contribution in [0.2, 0.25) is 0 Å². The van der Waals surface area contributed by atoms with Crippen LogP contribution in [0.3, 0.4) is 0 Å². The molecule has 1 heterocycles. The Hall–Kier alpha value is -0.120. The van der Waals surface area contributed by atoms with Crippen molar-refractivity contribution < 1.29 is 0 Å². The summed E-state index contributed by atoms with van der Waals surface area (Å²) in [6.07, 6.45) is 5.29. The molecule has 21 heavy (non-hydrogen) atoms. The van der Waals surface area contributed by atoms with Gasteiger partial charge in [0.25, 0.3) is 0 Å². The van der Waals surface area contributed by atoms with E-state index in [-0.39, 0.29) is 5.54 Å². The van der Waals surface area contributed by atoms with Crippen LogP contribution in [0.15, 0.2) is 0 Å². The van der Waals surface area contributed by atoms with E-state index in [1.165, 1.54) is 51.9 Å². The molecule has 1 aliphatic heterocycles. The topological polar surface area (TPSA) is 32.5 Å². The molecule has 0 radical (unpaired) electrons. The number of likely N-dealkylation sites (N-methyl/N-ethyl adjacent to an activating group) is 1. The molecule has 0 aromatic heterocycles. The van der Waals surface area contributed by atoms with Crippen molar-refractivity contribution in [3.05, 3.63) is 0 Å². The molecule has 2 aliphatic rings. The van der Waals surface area contributed by atoms with Gasteiger partial charge in [-0.05, 0) is 50.5 Å².